The fourth-order valence-corrected chi connectivity index (χ4v) is 2.10. The Bertz CT molecular complexity index is 737. The highest BCUT2D eigenvalue weighted by atomic mass is 19.1. The van der Waals surface area contributed by atoms with Crippen LogP contribution in [0.4, 0.5) is 20.6 Å². The Morgan fingerprint density at radius 3 is 2.48 bits per heavy atom. The van der Waals surface area contributed by atoms with E-state index in [9.17, 15) is 14.0 Å². The van der Waals surface area contributed by atoms with Crippen LogP contribution in [-0.4, -0.2) is 32.2 Å². The van der Waals surface area contributed by atoms with Gasteiger partial charge in [-0.1, -0.05) is 12.1 Å². The monoisotopic (exact) mass is 345 g/mol. The Morgan fingerprint density at radius 1 is 1.04 bits per heavy atom. The Labute approximate surface area is 145 Å². The number of carbonyl (C=O) groups is 2. The van der Waals surface area contributed by atoms with Crippen LogP contribution < -0.4 is 16.0 Å². The van der Waals surface area contributed by atoms with Crippen molar-refractivity contribution in [2.45, 2.75) is 6.42 Å². The SMILES string of the molecule is COCCCNC(=O)Nc1cccc(C(=O)Nc2cccc(F)c2)c1. The molecule has 0 aliphatic rings. The number of carbonyl (C=O) groups excluding carboxylic acids is 2. The van der Waals surface area contributed by atoms with Gasteiger partial charge in [0.2, 0.25) is 0 Å². The number of halogens is 1. The lowest BCUT2D eigenvalue weighted by Crippen LogP contribution is -2.30. The van der Waals surface area contributed by atoms with Gasteiger partial charge in [-0.3, -0.25) is 4.79 Å². The van der Waals surface area contributed by atoms with Gasteiger partial charge in [-0.2, -0.15) is 0 Å². The van der Waals surface area contributed by atoms with Gasteiger partial charge >= 0.3 is 6.03 Å². The molecule has 6 nitrogen and oxygen atoms in total. The molecule has 0 saturated heterocycles. The molecule has 2 rings (SSSR count). The summed E-state index contributed by atoms with van der Waals surface area (Å²) in [6.45, 7) is 1.05. The highest BCUT2D eigenvalue weighted by molar-refractivity contribution is 6.05. The molecule has 0 heterocycles. The summed E-state index contributed by atoms with van der Waals surface area (Å²) in [5.74, 6) is -0.826. The van der Waals surface area contributed by atoms with Crippen LogP contribution in [0.5, 0.6) is 0 Å². The number of nitrogens with one attached hydrogen (secondary N) is 3. The molecular weight excluding hydrogens is 325 g/mol. The second kappa shape index (κ2) is 9.39. The van der Waals surface area contributed by atoms with E-state index in [0.29, 0.717) is 36.5 Å². The first-order valence-corrected chi connectivity index (χ1v) is 7.79. The van der Waals surface area contributed by atoms with E-state index in [1.54, 1.807) is 37.4 Å². The van der Waals surface area contributed by atoms with Gasteiger partial charge in [0.1, 0.15) is 5.82 Å². The fraction of sp³-hybridized carbons (Fsp3) is 0.222. The second-order valence-corrected chi connectivity index (χ2v) is 5.27. The number of amides is 3. The number of anilines is 2. The van der Waals surface area contributed by atoms with Crippen LogP contribution in [0.3, 0.4) is 0 Å². The lowest BCUT2D eigenvalue weighted by Gasteiger charge is -2.09. The molecular formula is C18H20FN3O3. The molecule has 0 bridgehead atoms. The van der Waals surface area contributed by atoms with E-state index in [0.717, 1.165) is 0 Å². The summed E-state index contributed by atoms with van der Waals surface area (Å²) in [7, 11) is 1.60. The van der Waals surface area contributed by atoms with Gasteiger partial charge in [-0.25, -0.2) is 9.18 Å². The van der Waals surface area contributed by atoms with E-state index < -0.39 is 11.7 Å². The summed E-state index contributed by atoms with van der Waals surface area (Å²) < 4.78 is 18.1. The van der Waals surface area contributed by atoms with E-state index in [1.807, 2.05) is 0 Å². The standard InChI is InChI=1S/C18H20FN3O3/c1-25-10-4-9-20-18(24)22-15-7-2-5-13(11-15)17(23)21-16-8-3-6-14(19)12-16/h2-3,5-8,11-12H,4,9-10H2,1H3,(H,21,23)(H2,20,22,24). The zero-order valence-electron chi connectivity index (χ0n) is 13.8. The predicted octanol–water partition coefficient (Wildman–Crippen LogP) is 3.24. The molecule has 0 saturated carbocycles. The third-order valence-corrected chi connectivity index (χ3v) is 3.28. The number of methoxy groups -OCH3 is 1. The molecule has 0 unspecified atom stereocenters. The van der Waals surface area contributed by atoms with Crippen molar-refractivity contribution in [3.05, 3.63) is 59.9 Å². The molecule has 7 heteroatoms. The lowest BCUT2D eigenvalue weighted by atomic mass is 10.2. The number of ether oxygens (including phenoxy) is 1. The molecule has 0 aliphatic carbocycles. The van der Waals surface area contributed by atoms with Gasteiger partial charge in [0.15, 0.2) is 0 Å². The zero-order valence-corrected chi connectivity index (χ0v) is 13.8. The largest absolute Gasteiger partial charge is 0.385 e. The summed E-state index contributed by atoms with van der Waals surface area (Å²) in [5, 5.41) is 7.95. The van der Waals surface area contributed by atoms with E-state index >= 15 is 0 Å². The van der Waals surface area contributed by atoms with Crippen molar-refractivity contribution in [1.82, 2.24) is 5.32 Å². The molecule has 0 aromatic heterocycles. The van der Waals surface area contributed by atoms with Crippen LogP contribution in [0.1, 0.15) is 16.8 Å². The summed E-state index contributed by atoms with van der Waals surface area (Å²) in [6.07, 6.45) is 0.708. The van der Waals surface area contributed by atoms with Crippen LogP contribution in [0.15, 0.2) is 48.5 Å². The van der Waals surface area contributed by atoms with Crippen LogP contribution in [0.25, 0.3) is 0 Å². The first-order valence-electron chi connectivity index (χ1n) is 7.79. The van der Waals surface area contributed by atoms with Crippen molar-refractivity contribution in [2.24, 2.45) is 0 Å². The second-order valence-electron chi connectivity index (χ2n) is 5.27. The van der Waals surface area contributed by atoms with Crippen molar-refractivity contribution in [3.8, 4) is 0 Å². The Hall–Kier alpha value is -2.93. The van der Waals surface area contributed by atoms with Crippen molar-refractivity contribution >= 4 is 23.3 Å². The highest BCUT2D eigenvalue weighted by Gasteiger charge is 2.08. The highest BCUT2D eigenvalue weighted by Crippen LogP contribution is 2.14. The van der Waals surface area contributed by atoms with E-state index in [-0.39, 0.29) is 6.03 Å². The maximum atomic E-state index is 13.2. The predicted molar refractivity (Wildman–Crippen MR) is 94.3 cm³/mol. The lowest BCUT2D eigenvalue weighted by molar-refractivity contribution is 0.102. The van der Waals surface area contributed by atoms with Gasteiger partial charge in [-0.15, -0.1) is 0 Å². The molecule has 0 atom stereocenters. The fourth-order valence-electron chi connectivity index (χ4n) is 2.10. The molecule has 3 N–H and O–H groups in total. The van der Waals surface area contributed by atoms with E-state index in [4.69, 9.17) is 4.74 Å². The molecule has 25 heavy (non-hydrogen) atoms. The van der Waals surface area contributed by atoms with Crippen LogP contribution in [-0.2, 0) is 4.74 Å². The third-order valence-electron chi connectivity index (χ3n) is 3.28. The molecule has 2 aromatic carbocycles. The van der Waals surface area contributed by atoms with Gasteiger partial charge < -0.3 is 20.7 Å². The quantitative estimate of drug-likeness (QED) is 0.674. The molecule has 0 aliphatic heterocycles. The summed E-state index contributed by atoms with van der Waals surface area (Å²) in [4.78, 5) is 24.0. The van der Waals surface area contributed by atoms with Gasteiger partial charge in [0.05, 0.1) is 0 Å². The minimum absolute atomic E-state index is 0.349. The van der Waals surface area contributed by atoms with Crippen molar-refractivity contribution in [1.29, 1.82) is 0 Å². The minimum atomic E-state index is -0.432. The number of rotatable bonds is 7. The Kier molecular flexibility index (Phi) is 6.91. The first kappa shape index (κ1) is 18.4. The van der Waals surface area contributed by atoms with E-state index in [1.165, 1.54) is 18.2 Å². The molecule has 3 amide bonds. The minimum Gasteiger partial charge on any atom is -0.385 e. The Morgan fingerprint density at radius 2 is 1.76 bits per heavy atom. The Balaban J connectivity index is 1.93. The molecule has 0 spiro atoms. The van der Waals surface area contributed by atoms with Crippen molar-refractivity contribution < 1.29 is 18.7 Å². The average molecular weight is 345 g/mol. The van der Waals surface area contributed by atoms with Crippen molar-refractivity contribution in [2.75, 3.05) is 30.9 Å². The maximum absolute atomic E-state index is 13.2. The number of benzene rings is 2. The maximum Gasteiger partial charge on any atom is 0.319 e. The third kappa shape index (κ3) is 6.23. The smallest absolute Gasteiger partial charge is 0.319 e. The molecule has 132 valence electrons. The van der Waals surface area contributed by atoms with E-state index in [2.05, 4.69) is 16.0 Å². The van der Waals surface area contributed by atoms with Crippen molar-refractivity contribution in [3.63, 3.8) is 0 Å². The van der Waals surface area contributed by atoms with Crippen LogP contribution in [0.2, 0.25) is 0 Å². The number of urea groups is 1. The van der Waals surface area contributed by atoms with Crippen LogP contribution in [0, 0.1) is 5.82 Å². The zero-order chi connectivity index (χ0) is 18.1. The van der Waals surface area contributed by atoms with Gasteiger partial charge in [0.25, 0.3) is 5.91 Å². The molecule has 0 fully saturated rings. The number of hydrogen-bond acceptors (Lipinski definition) is 3. The normalized spacial score (nSPS) is 10.2. The summed E-state index contributed by atoms with van der Waals surface area (Å²) in [5.41, 5.74) is 1.19. The average Bonchev–Trinajstić information content (AvgIpc) is 2.59. The molecule has 0 radical (unpaired) electrons. The van der Waals surface area contributed by atoms with Gasteiger partial charge in [0, 0.05) is 37.2 Å². The topological polar surface area (TPSA) is 79.5 Å². The first-order chi connectivity index (χ1) is 12.1. The van der Waals surface area contributed by atoms with Gasteiger partial charge in [-0.05, 0) is 42.8 Å². The number of hydrogen-bond donors (Lipinski definition) is 3. The summed E-state index contributed by atoms with van der Waals surface area (Å²) in [6, 6.07) is 11.7. The van der Waals surface area contributed by atoms with Crippen LogP contribution >= 0.6 is 0 Å². The summed E-state index contributed by atoms with van der Waals surface area (Å²) >= 11 is 0. The molecule has 2 aromatic rings.